The van der Waals surface area contributed by atoms with E-state index in [9.17, 15) is 9.59 Å². The maximum absolute atomic E-state index is 13.8. The van der Waals surface area contributed by atoms with Gasteiger partial charge in [-0.05, 0) is 37.6 Å². The number of hydrogen-bond donors (Lipinski definition) is 0. The predicted octanol–water partition coefficient (Wildman–Crippen LogP) is 6.86. The summed E-state index contributed by atoms with van der Waals surface area (Å²) in [4.78, 5) is 27.8. The van der Waals surface area contributed by atoms with Crippen molar-refractivity contribution >= 4 is 22.9 Å². The van der Waals surface area contributed by atoms with E-state index < -0.39 is 0 Å². The average Bonchev–Trinajstić information content (AvgIpc) is 3.38. The molecule has 1 aromatic carbocycles. The highest BCUT2D eigenvalue weighted by molar-refractivity contribution is 7.13. The number of carbonyl (C=O) groups excluding carboxylic acids is 2. The van der Waals surface area contributed by atoms with Gasteiger partial charge < -0.3 is 4.57 Å². The molecule has 2 heterocycles. The SMILES string of the molecule is CCCCCCn1c2c(c(-c3cccs3)c1C(=O)c1ccc(C)cc1)C(=O)CCC2. The van der Waals surface area contributed by atoms with Crippen molar-refractivity contribution in [2.75, 3.05) is 0 Å². The van der Waals surface area contributed by atoms with Crippen LogP contribution in [0, 0.1) is 6.92 Å². The molecule has 0 fully saturated rings. The number of thiophene rings is 1. The van der Waals surface area contributed by atoms with Crippen molar-refractivity contribution in [2.24, 2.45) is 0 Å². The first-order valence-corrected chi connectivity index (χ1v) is 11.9. The molecule has 4 rings (SSSR count). The quantitative estimate of drug-likeness (QED) is 0.296. The van der Waals surface area contributed by atoms with E-state index in [1.807, 2.05) is 48.7 Å². The number of benzene rings is 1. The minimum absolute atomic E-state index is 0.0242. The summed E-state index contributed by atoms with van der Waals surface area (Å²) < 4.78 is 2.19. The number of aryl methyl sites for hydroxylation is 1. The second-order valence-corrected chi connectivity index (χ2v) is 9.15. The number of fused-ring (bicyclic) bond motifs is 1. The van der Waals surface area contributed by atoms with Crippen LogP contribution >= 0.6 is 11.3 Å². The molecule has 4 heteroatoms. The monoisotopic (exact) mass is 419 g/mol. The zero-order valence-electron chi connectivity index (χ0n) is 17.9. The van der Waals surface area contributed by atoms with Crippen LogP contribution in [0.3, 0.4) is 0 Å². The lowest BCUT2D eigenvalue weighted by atomic mass is 9.91. The van der Waals surface area contributed by atoms with Crippen LogP contribution in [-0.2, 0) is 13.0 Å². The Hall–Kier alpha value is -2.46. The van der Waals surface area contributed by atoms with Crippen LogP contribution in [0.4, 0.5) is 0 Å². The highest BCUT2D eigenvalue weighted by atomic mass is 32.1. The standard InChI is InChI=1S/C26H29NO2S/c1-3-4-5-6-16-27-20-9-7-10-21(28)23(20)24(22-11-8-17-30-22)25(27)26(29)19-14-12-18(2)13-15-19/h8,11-15,17H,3-7,9-10,16H2,1-2H3. The van der Waals surface area contributed by atoms with Crippen molar-refractivity contribution < 1.29 is 9.59 Å². The Morgan fingerprint density at radius 3 is 2.53 bits per heavy atom. The van der Waals surface area contributed by atoms with E-state index in [0.717, 1.165) is 59.5 Å². The van der Waals surface area contributed by atoms with Gasteiger partial charge in [-0.1, -0.05) is 62.1 Å². The number of carbonyl (C=O) groups is 2. The lowest BCUT2D eigenvalue weighted by molar-refractivity contribution is 0.0971. The topological polar surface area (TPSA) is 39.1 Å². The minimum atomic E-state index is 0.0242. The summed E-state index contributed by atoms with van der Waals surface area (Å²) >= 11 is 1.61. The molecule has 0 bridgehead atoms. The zero-order chi connectivity index (χ0) is 21.1. The lowest BCUT2D eigenvalue weighted by Crippen LogP contribution is -2.16. The van der Waals surface area contributed by atoms with E-state index in [0.29, 0.717) is 17.7 Å². The van der Waals surface area contributed by atoms with Crippen LogP contribution in [0.5, 0.6) is 0 Å². The Bertz CT molecular complexity index is 1040. The molecule has 0 aliphatic heterocycles. The normalized spacial score (nSPS) is 13.5. The fourth-order valence-corrected chi connectivity index (χ4v) is 5.23. The molecule has 0 radical (unpaired) electrons. The third-order valence-corrected chi connectivity index (χ3v) is 6.89. The number of unbranched alkanes of at least 4 members (excludes halogenated alkanes) is 3. The maximum atomic E-state index is 13.8. The van der Waals surface area contributed by atoms with Gasteiger partial charge in [0.25, 0.3) is 0 Å². The molecule has 0 saturated carbocycles. The molecule has 3 nitrogen and oxygen atoms in total. The Kier molecular flexibility index (Phi) is 6.33. The Morgan fingerprint density at radius 1 is 1.03 bits per heavy atom. The largest absolute Gasteiger partial charge is 0.341 e. The van der Waals surface area contributed by atoms with Crippen molar-refractivity contribution in [2.45, 2.75) is 65.3 Å². The van der Waals surface area contributed by atoms with Gasteiger partial charge in [-0.2, -0.15) is 0 Å². The zero-order valence-corrected chi connectivity index (χ0v) is 18.7. The highest BCUT2D eigenvalue weighted by Gasteiger charge is 2.33. The van der Waals surface area contributed by atoms with Crippen LogP contribution in [-0.4, -0.2) is 16.1 Å². The smallest absolute Gasteiger partial charge is 0.210 e. The van der Waals surface area contributed by atoms with Crippen molar-refractivity contribution in [3.8, 4) is 10.4 Å². The summed E-state index contributed by atoms with van der Waals surface area (Å²) in [7, 11) is 0. The molecule has 0 spiro atoms. The third-order valence-electron chi connectivity index (χ3n) is 6.00. The molecule has 0 saturated heterocycles. The van der Waals surface area contributed by atoms with E-state index in [1.54, 1.807) is 11.3 Å². The summed E-state index contributed by atoms with van der Waals surface area (Å²) in [6.45, 7) is 5.03. The lowest BCUT2D eigenvalue weighted by Gasteiger charge is -2.16. The summed E-state index contributed by atoms with van der Waals surface area (Å²) in [6, 6.07) is 11.8. The van der Waals surface area contributed by atoms with Crippen LogP contribution in [0.1, 0.15) is 83.1 Å². The van der Waals surface area contributed by atoms with Crippen LogP contribution in [0.2, 0.25) is 0 Å². The summed E-state index contributed by atoms with van der Waals surface area (Å²) in [5, 5.41) is 2.02. The molecule has 0 atom stereocenters. The fraction of sp³-hybridized carbons (Fsp3) is 0.385. The van der Waals surface area contributed by atoms with E-state index in [-0.39, 0.29) is 11.6 Å². The van der Waals surface area contributed by atoms with Crippen molar-refractivity contribution in [1.29, 1.82) is 0 Å². The number of ketones is 2. The van der Waals surface area contributed by atoms with Crippen molar-refractivity contribution in [1.82, 2.24) is 4.57 Å². The molecule has 30 heavy (non-hydrogen) atoms. The van der Waals surface area contributed by atoms with Crippen molar-refractivity contribution in [3.05, 3.63) is 69.9 Å². The number of nitrogens with zero attached hydrogens (tertiary/aromatic N) is 1. The minimum Gasteiger partial charge on any atom is -0.341 e. The highest BCUT2D eigenvalue weighted by Crippen LogP contribution is 2.40. The van der Waals surface area contributed by atoms with Crippen molar-refractivity contribution in [3.63, 3.8) is 0 Å². The number of aromatic nitrogens is 1. The van der Waals surface area contributed by atoms with Gasteiger partial charge in [0.1, 0.15) is 0 Å². The first-order chi connectivity index (χ1) is 14.6. The maximum Gasteiger partial charge on any atom is 0.210 e. The fourth-order valence-electron chi connectivity index (χ4n) is 4.45. The second-order valence-electron chi connectivity index (χ2n) is 8.21. The third kappa shape index (κ3) is 3.93. The van der Waals surface area contributed by atoms with Gasteiger partial charge in [0.2, 0.25) is 5.78 Å². The predicted molar refractivity (Wildman–Crippen MR) is 124 cm³/mol. The molecular weight excluding hydrogens is 390 g/mol. The van der Waals surface area contributed by atoms with Gasteiger partial charge in [-0.3, -0.25) is 9.59 Å². The van der Waals surface area contributed by atoms with Gasteiger partial charge in [0, 0.05) is 40.2 Å². The molecule has 1 aliphatic carbocycles. The number of hydrogen-bond acceptors (Lipinski definition) is 3. The number of rotatable bonds is 8. The van der Waals surface area contributed by atoms with Gasteiger partial charge in [-0.15, -0.1) is 11.3 Å². The molecule has 0 N–H and O–H groups in total. The molecular formula is C26H29NO2S. The molecule has 3 aromatic rings. The summed E-state index contributed by atoms with van der Waals surface area (Å²) in [5.74, 6) is 0.209. The Balaban J connectivity index is 1.89. The van der Waals surface area contributed by atoms with Crippen LogP contribution in [0.15, 0.2) is 41.8 Å². The second kappa shape index (κ2) is 9.13. The Labute approximate surface area is 182 Å². The molecule has 1 aliphatic rings. The van der Waals surface area contributed by atoms with Gasteiger partial charge in [0.05, 0.1) is 5.69 Å². The molecule has 2 aromatic heterocycles. The van der Waals surface area contributed by atoms with E-state index in [1.165, 1.54) is 12.8 Å². The van der Waals surface area contributed by atoms with E-state index in [2.05, 4.69) is 11.5 Å². The van der Waals surface area contributed by atoms with Gasteiger partial charge in [-0.25, -0.2) is 0 Å². The molecule has 0 unspecified atom stereocenters. The molecule has 156 valence electrons. The van der Waals surface area contributed by atoms with E-state index in [4.69, 9.17) is 0 Å². The van der Waals surface area contributed by atoms with E-state index >= 15 is 0 Å². The van der Waals surface area contributed by atoms with Gasteiger partial charge in [0.15, 0.2) is 5.78 Å². The summed E-state index contributed by atoms with van der Waals surface area (Å²) in [5.41, 5.74) is 5.27. The summed E-state index contributed by atoms with van der Waals surface area (Å²) in [6.07, 6.45) is 6.86. The average molecular weight is 420 g/mol. The van der Waals surface area contributed by atoms with Gasteiger partial charge >= 0.3 is 0 Å². The number of Topliss-reactive ketones (excluding diaryl/α,β-unsaturated/α-hetero) is 1. The molecule has 0 amide bonds. The Morgan fingerprint density at radius 2 is 1.83 bits per heavy atom. The van der Waals surface area contributed by atoms with Crippen LogP contribution in [0.25, 0.3) is 10.4 Å². The first kappa shape index (κ1) is 20.8. The van der Waals surface area contributed by atoms with Crippen LogP contribution < -0.4 is 0 Å². The first-order valence-electron chi connectivity index (χ1n) is 11.1.